The highest BCUT2D eigenvalue weighted by Crippen LogP contribution is 2.71. The molecule has 0 amide bonds. The summed E-state index contributed by atoms with van der Waals surface area (Å²) in [6.45, 7) is 7.90. The molecule has 4 fully saturated rings. The van der Waals surface area contributed by atoms with Gasteiger partial charge in [0.05, 0.1) is 32.2 Å². The summed E-state index contributed by atoms with van der Waals surface area (Å²) < 4.78 is 22.3. The van der Waals surface area contributed by atoms with Gasteiger partial charge in [0.15, 0.2) is 0 Å². The molecule has 2 saturated heterocycles. The highest BCUT2D eigenvalue weighted by molar-refractivity contribution is 5.90. The van der Waals surface area contributed by atoms with E-state index in [1.165, 1.54) is 19.9 Å². The molecule has 2 aliphatic carbocycles. The van der Waals surface area contributed by atoms with E-state index in [-0.39, 0.29) is 24.7 Å². The topological polar surface area (TPSA) is 183 Å². The maximum absolute atomic E-state index is 13.4. The Labute approximate surface area is 225 Å². The molecular formula is C27H36O12. The van der Waals surface area contributed by atoms with E-state index in [1.807, 2.05) is 13.8 Å². The number of carbonyl (C=O) groups excluding carboxylic acids is 4. The Morgan fingerprint density at radius 2 is 1.79 bits per heavy atom. The predicted molar refractivity (Wildman–Crippen MR) is 130 cm³/mol. The lowest BCUT2D eigenvalue weighted by Gasteiger charge is -2.66. The Kier molecular flexibility index (Phi) is 7.23. The smallest absolute Gasteiger partial charge is 0.348 e. The quantitative estimate of drug-likeness (QED) is 0.225. The van der Waals surface area contributed by atoms with Gasteiger partial charge in [-0.15, -0.1) is 0 Å². The van der Waals surface area contributed by atoms with Crippen LogP contribution in [0.25, 0.3) is 0 Å². The molecule has 0 radical (unpaired) electrons. The number of aliphatic carboxylic acids is 1. The second-order valence-electron chi connectivity index (χ2n) is 11.9. The molecule has 39 heavy (non-hydrogen) atoms. The van der Waals surface area contributed by atoms with Gasteiger partial charge in [0.1, 0.15) is 18.0 Å². The molecule has 2 aliphatic heterocycles. The van der Waals surface area contributed by atoms with E-state index in [0.29, 0.717) is 5.57 Å². The van der Waals surface area contributed by atoms with Gasteiger partial charge in [-0.25, -0.2) is 14.4 Å². The number of hydrogen-bond acceptors (Lipinski definition) is 11. The van der Waals surface area contributed by atoms with Crippen molar-refractivity contribution in [2.45, 2.75) is 77.5 Å². The van der Waals surface area contributed by atoms with Crippen molar-refractivity contribution < 1.29 is 58.2 Å². The van der Waals surface area contributed by atoms with E-state index in [2.05, 4.69) is 0 Å². The summed E-state index contributed by atoms with van der Waals surface area (Å²) in [5.74, 6) is -8.18. The summed E-state index contributed by atoms with van der Waals surface area (Å²) in [6, 6.07) is 0. The fourth-order valence-corrected chi connectivity index (χ4v) is 7.84. The molecule has 2 heterocycles. The first-order valence-electron chi connectivity index (χ1n) is 13.0. The lowest BCUT2D eigenvalue weighted by atomic mass is 9.39. The molecule has 3 N–H and O–H groups in total. The van der Waals surface area contributed by atoms with Crippen LogP contribution in [0.5, 0.6) is 0 Å². The molecule has 10 unspecified atom stereocenters. The molecule has 12 nitrogen and oxygen atoms in total. The highest BCUT2D eigenvalue weighted by Gasteiger charge is 2.85. The SMILES string of the molecule is COC(=O)C12OCC34C(CC(C(C)=O)C(C)(CC(=O)O)C3C(O)C1O)OC(=O)C(OC(=O)C=C(C)C(C)C)C24. The number of methoxy groups -OCH3 is 1. The fraction of sp³-hybridized carbons (Fsp3) is 0.741. The van der Waals surface area contributed by atoms with Crippen molar-refractivity contribution in [2.24, 2.45) is 34.5 Å². The molecule has 4 aliphatic rings. The van der Waals surface area contributed by atoms with Crippen molar-refractivity contribution in [3.63, 3.8) is 0 Å². The zero-order valence-corrected chi connectivity index (χ0v) is 22.8. The number of carbonyl (C=O) groups is 5. The minimum absolute atomic E-state index is 0.00521. The van der Waals surface area contributed by atoms with Crippen LogP contribution >= 0.6 is 0 Å². The van der Waals surface area contributed by atoms with Crippen LogP contribution in [-0.4, -0.2) is 88.7 Å². The molecule has 2 saturated carbocycles. The van der Waals surface area contributed by atoms with Crippen LogP contribution in [0, 0.1) is 34.5 Å². The third-order valence-electron chi connectivity index (χ3n) is 9.66. The van der Waals surface area contributed by atoms with Crippen LogP contribution in [0.4, 0.5) is 0 Å². The summed E-state index contributed by atoms with van der Waals surface area (Å²) in [4.78, 5) is 64.6. The van der Waals surface area contributed by atoms with E-state index in [9.17, 15) is 39.3 Å². The van der Waals surface area contributed by atoms with Crippen LogP contribution in [0.15, 0.2) is 11.6 Å². The van der Waals surface area contributed by atoms with Gasteiger partial charge >= 0.3 is 23.9 Å². The molecule has 10 atom stereocenters. The Bertz CT molecular complexity index is 1130. The van der Waals surface area contributed by atoms with Gasteiger partial charge in [-0.2, -0.15) is 0 Å². The number of rotatable bonds is 7. The molecule has 0 aromatic rings. The first-order valence-corrected chi connectivity index (χ1v) is 13.0. The molecule has 216 valence electrons. The van der Waals surface area contributed by atoms with Gasteiger partial charge < -0.3 is 34.3 Å². The lowest BCUT2D eigenvalue weighted by molar-refractivity contribution is -0.290. The van der Waals surface area contributed by atoms with E-state index < -0.39 is 88.9 Å². The summed E-state index contributed by atoms with van der Waals surface area (Å²) >= 11 is 0. The van der Waals surface area contributed by atoms with Crippen molar-refractivity contribution >= 4 is 29.7 Å². The van der Waals surface area contributed by atoms with Crippen molar-refractivity contribution in [1.29, 1.82) is 0 Å². The third-order valence-corrected chi connectivity index (χ3v) is 9.66. The molecular weight excluding hydrogens is 516 g/mol. The number of aliphatic hydroxyl groups is 2. The highest BCUT2D eigenvalue weighted by atomic mass is 16.6. The summed E-state index contributed by atoms with van der Waals surface area (Å²) in [5, 5.41) is 32.9. The first kappa shape index (κ1) is 29.2. The Morgan fingerprint density at radius 1 is 1.15 bits per heavy atom. The zero-order chi connectivity index (χ0) is 29.2. The Hall–Kier alpha value is -2.83. The van der Waals surface area contributed by atoms with Crippen LogP contribution in [0.3, 0.4) is 0 Å². The maximum atomic E-state index is 13.4. The van der Waals surface area contributed by atoms with Gasteiger partial charge in [0.2, 0.25) is 11.7 Å². The Morgan fingerprint density at radius 3 is 2.33 bits per heavy atom. The van der Waals surface area contributed by atoms with E-state index in [1.54, 1.807) is 6.92 Å². The summed E-state index contributed by atoms with van der Waals surface area (Å²) in [6.07, 6.45) is -6.09. The van der Waals surface area contributed by atoms with E-state index in [0.717, 1.165) is 7.11 Å². The van der Waals surface area contributed by atoms with Gasteiger partial charge in [0.25, 0.3) is 0 Å². The molecule has 4 rings (SSSR count). The molecule has 2 bridgehead atoms. The van der Waals surface area contributed by atoms with Crippen molar-refractivity contribution in [3.8, 4) is 0 Å². The van der Waals surface area contributed by atoms with Crippen LogP contribution in [0.2, 0.25) is 0 Å². The average Bonchev–Trinajstić information content (AvgIpc) is 3.14. The number of ether oxygens (including phenoxy) is 4. The van der Waals surface area contributed by atoms with Crippen molar-refractivity contribution in [1.82, 2.24) is 0 Å². The second kappa shape index (κ2) is 9.67. The normalized spacial score (nSPS) is 42.8. The second-order valence-corrected chi connectivity index (χ2v) is 11.9. The van der Waals surface area contributed by atoms with Crippen LogP contribution < -0.4 is 0 Å². The number of ketones is 1. The van der Waals surface area contributed by atoms with E-state index in [4.69, 9.17) is 18.9 Å². The largest absolute Gasteiger partial charge is 0.481 e. The monoisotopic (exact) mass is 552 g/mol. The van der Waals surface area contributed by atoms with Crippen LogP contribution in [-0.2, 0) is 42.9 Å². The number of carboxylic acid groups (broad SMARTS) is 1. The van der Waals surface area contributed by atoms with Gasteiger partial charge in [-0.1, -0.05) is 26.3 Å². The number of esters is 3. The standard InChI is InChI=1S/C27H36O12/c1-11(2)12(3)7-17(31)39-19-21-26-10-37-27(21,24(35)36-6)22(33)18(32)20(26)25(5,9-16(29)30)14(13(4)28)8-15(26)38-23(19)34/h7,11,14-15,18-22,32-33H,8-10H2,1-6H3,(H,29,30). The molecule has 12 heteroatoms. The maximum Gasteiger partial charge on any atom is 0.348 e. The van der Waals surface area contributed by atoms with Crippen molar-refractivity contribution in [3.05, 3.63) is 11.6 Å². The Balaban J connectivity index is 1.95. The van der Waals surface area contributed by atoms with Crippen LogP contribution in [0.1, 0.15) is 47.5 Å². The van der Waals surface area contributed by atoms with E-state index >= 15 is 0 Å². The number of carboxylic acids is 1. The number of Topliss-reactive ketones (excluding diaryl/α,β-unsaturated/α-hetero) is 1. The predicted octanol–water partition coefficient (Wildman–Crippen LogP) is 0.412. The molecule has 0 aromatic heterocycles. The minimum atomic E-state index is -2.32. The number of hydrogen-bond donors (Lipinski definition) is 3. The van der Waals surface area contributed by atoms with Gasteiger partial charge in [0, 0.05) is 23.3 Å². The van der Waals surface area contributed by atoms with Crippen molar-refractivity contribution in [2.75, 3.05) is 13.7 Å². The summed E-state index contributed by atoms with van der Waals surface area (Å²) in [5.41, 5.74) is -4.60. The zero-order valence-electron chi connectivity index (χ0n) is 22.8. The lowest BCUT2D eigenvalue weighted by Crippen LogP contribution is -2.79. The van der Waals surface area contributed by atoms with Gasteiger partial charge in [-0.3, -0.25) is 9.59 Å². The molecule has 1 spiro atoms. The number of aliphatic hydroxyl groups excluding tert-OH is 2. The third kappa shape index (κ3) is 3.93. The average molecular weight is 553 g/mol. The summed E-state index contributed by atoms with van der Waals surface area (Å²) in [7, 11) is 1.05. The van der Waals surface area contributed by atoms with Gasteiger partial charge in [-0.05, 0) is 31.6 Å². The fourth-order valence-electron chi connectivity index (χ4n) is 7.84. The minimum Gasteiger partial charge on any atom is -0.481 e. The molecule has 0 aromatic carbocycles. The number of allylic oxidation sites excluding steroid dienone is 1. The first-order chi connectivity index (χ1) is 18.1.